The number of carbonyl (C=O) groups excluding carboxylic acids is 3. The average molecular weight is 345 g/mol. The molecule has 0 aliphatic carbocycles. The molecule has 10 heteroatoms. The summed E-state index contributed by atoms with van der Waals surface area (Å²) in [6, 6.07) is -2.39. The molecule has 0 aromatic carbocycles. The van der Waals surface area contributed by atoms with Crippen molar-refractivity contribution in [3.8, 4) is 0 Å². The Balaban J connectivity index is 4.97. The monoisotopic (exact) mass is 345 g/mol. The van der Waals surface area contributed by atoms with E-state index < -0.39 is 47.7 Å². The molecule has 0 rings (SSSR count). The highest BCUT2D eigenvalue weighted by molar-refractivity contribution is 5.92. The number of carboxylic acids is 2. The van der Waals surface area contributed by atoms with E-state index in [1.165, 1.54) is 0 Å². The van der Waals surface area contributed by atoms with Gasteiger partial charge < -0.3 is 26.6 Å². The topological polar surface area (TPSA) is 176 Å². The van der Waals surface area contributed by atoms with Crippen molar-refractivity contribution in [2.75, 3.05) is 0 Å². The van der Waals surface area contributed by atoms with Crippen LogP contribution in [-0.2, 0) is 24.0 Å². The SMILES string of the molecule is CC(C)C(=O)N[C@@H](CCC(=O)O)C(=O)N[C@@H](CCC(=O)O)C(N)=O. The first-order valence-electron chi connectivity index (χ1n) is 7.38. The van der Waals surface area contributed by atoms with Gasteiger partial charge in [-0.3, -0.25) is 24.0 Å². The van der Waals surface area contributed by atoms with Crippen LogP contribution in [0.4, 0.5) is 0 Å². The Labute approximate surface area is 138 Å². The third-order valence-corrected chi connectivity index (χ3v) is 3.11. The highest BCUT2D eigenvalue weighted by atomic mass is 16.4. The summed E-state index contributed by atoms with van der Waals surface area (Å²) in [5, 5.41) is 22.0. The highest BCUT2D eigenvalue weighted by Crippen LogP contribution is 2.04. The molecule has 0 saturated heterocycles. The van der Waals surface area contributed by atoms with Crippen LogP contribution >= 0.6 is 0 Å². The van der Waals surface area contributed by atoms with Gasteiger partial charge in [-0.25, -0.2) is 0 Å². The van der Waals surface area contributed by atoms with Crippen LogP contribution in [0.3, 0.4) is 0 Å². The van der Waals surface area contributed by atoms with Crippen molar-refractivity contribution in [2.24, 2.45) is 11.7 Å². The minimum Gasteiger partial charge on any atom is -0.481 e. The molecule has 136 valence electrons. The summed E-state index contributed by atoms with van der Waals surface area (Å²) < 4.78 is 0. The zero-order valence-corrected chi connectivity index (χ0v) is 13.6. The van der Waals surface area contributed by atoms with Crippen molar-refractivity contribution >= 4 is 29.7 Å². The number of hydrogen-bond acceptors (Lipinski definition) is 5. The van der Waals surface area contributed by atoms with Crippen LogP contribution in [-0.4, -0.2) is 52.0 Å². The fraction of sp³-hybridized carbons (Fsp3) is 0.643. The third kappa shape index (κ3) is 8.71. The Morgan fingerprint density at radius 2 is 1.25 bits per heavy atom. The van der Waals surface area contributed by atoms with Gasteiger partial charge in [-0.05, 0) is 12.8 Å². The molecule has 3 amide bonds. The van der Waals surface area contributed by atoms with Crippen LogP contribution < -0.4 is 16.4 Å². The molecule has 0 heterocycles. The first-order chi connectivity index (χ1) is 11.0. The lowest BCUT2D eigenvalue weighted by Crippen LogP contribution is -2.53. The molecule has 6 N–H and O–H groups in total. The van der Waals surface area contributed by atoms with E-state index in [1.54, 1.807) is 13.8 Å². The summed E-state index contributed by atoms with van der Waals surface area (Å²) in [7, 11) is 0. The number of carboxylic acid groups (broad SMARTS) is 2. The molecular formula is C14H23N3O7. The summed E-state index contributed by atoms with van der Waals surface area (Å²) in [4.78, 5) is 56.5. The molecule has 0 unspecified atom stereocenters. The van der Waals surface area contributed by atoms with Gasteiger partial charge in [0.05, 0.1) is 0 Å². The Kier molecular flexibility index (Phi) is 9.06. The van der Waals surface area contributed by atoms with Crippen molar-refractivity contribution in [2.45, 2.75) is 51.6 Å². The van der Waals surface area contributed by atoms with Gasteiger partial charge in [0.15, 0.2) is 0 Å². The molecule has 0 aliphatic heterocycles. The number of rotatable bonds is 11. The summed E-state index contributed by atoms with van der Waals surface area (Å²) in [6.45, 7) is 3.20. The second-order valence-corrected chi connectivity index (χ2v) is 5.54. The van der Waals surface area contributed by atoms with E-state index in [1.807, 2.05) is 0 Å². The number of nitrogens with one attached hydrogen (secondary N) is 2. The summed E-state index contributed by atoms with van der Waals surface area (Å²) >= 11 is 0. The number of hydrogen-bond donors (Lipinski definition) is 5. The molecule has 0 aromatic heterocycles. The maximum absolute atomic E-state index is 12.2. The summed E-state index contributed by atoms with van der Waals surface area (Å²) in [5.74, 6) is -4.91. The molecule has 10 nitrogen and oxygen atoms in total. The van der Waals surface area contributed by atoms with Crippen molar-refractivity contribution in [3.63, 3.8) is 0 Å². The quantitative estimate of drug-likeness (QED) is 0.313. The van der Waals surface area contributed by atoms with E-state index >= 15 is 0 Å². The van der Waals surface area contributed by atoms with Gasteiger partial charge in [0.2, 0.25) is 17.7 Å². The fourth-order valence-electron chi connectivity index (χ4n) is 1.70. The zero-order chi connectivity index (χ0) is 18.9. The fourth-order valence-corrected chi connectivity index (χ4v) is 1.70. The van der Waals surface area contributed by atoms with Crippen molar-refractivity contribution < 1.29 is 34.2 Å². The summed E-state index contributed by atoms with van der Waals surface area (Å²) in [6.07, 6.45) is -1.14. The lowest BCUT2D eigenvalue weighted by Gasteiger charge is -2.22. The van der Waals surface area contributed by atoms with Crippen LogP contribution in [0.15, 0.2) is 0 Å². The second kappa shape index (κ2) is 10.2. The van der Waals surface area contributed by atoms with Crippen molar-refractivity contribution in [1.82, 2.24) is 10.6 Å². The van der Waals surface area contributed by atoms with E-state index in [2.05, 4.69) is 10.6 Å². The van der Waals surface area contributed by atoms with Gasteiger partial charge in [-0.2, -0.15) is 0 Å². The predicted molar refractivity (Wildman–Crippen MR) is 81.6 cm³/mol. The molecule has 0 fully saturated rings. The van der Waals surface area contributed by atoms with Gasteiger partial charge in [-0.15, -0.1) is 0 Å². The number of nitrogens with two attached hydrogens (primary N) is 1. The van der Waals surface area contributed by atoms with Crippen LogP contribution in [0.2, 0.25) is 0 Å². The number of carbonyl (C=O) groups is 5. The van der Waals surface area contributed by atoms with Crippen LogP contribution in [0, 0.1) is 5.92 Å². The summed E-state index contributed by atoms with van der Waals surface area (Å²) in [5.41, 5.74) is 5.11. The molecule has 0 radical (unpaired) electrons. The minimum absolute atomic E-state index is 0.177. The Hall–Kier alpha value is -2.65. The largest absolute Gasteiger partial charge is 0.481 e. The van der Waals surface area contributed by atoms with Crippen LogP contribution in [0.5, 0.6) is 0 Å². The Morgan fingerprint density at radius 1 is 0.833 bits per heavy atom. The maximum Gasteiger partial charge on any atom is 0.303 e. The highest BCUT2D eigenvalue weighted by Gasteiger charge is 2.27. The predicted octanol–water partition coefficient (Wildman–Crippen LogP) is -1.17. The smallest absolute Gasteiger partial charge is 0.303 e. The van der Waals surface area contributed by atoms with Gasteiger partial charge in [0.1, 0.15) is 12.1 Å². The van der Waals surface area contributed by atoms with Crippen LogP contribution in [0.25, 0.3) is 0 Å². The zero-order valence-electron chi connectivity index (χ0n) is 13.6. The van der Waals surface area contributed by atoms with Gasteiger partial charge in [-0.1, -0.05) is 13.8 Å². The molecular weight excluding hydrogens is 322 g/mol. The number of primary amides is 1. The lowest BCUT2D eigenvalue weighted by atomic mass is 10.1. The second-order valence-electron chi connectivity index (χ2n) is 5.54. The van der Waals surface area contributed by atoms with E-state index in [0.29, 0.717) is 0 Å². The first-order valence-corrected chi connectivity index (χ1v) is 7.38. The van der Waals surface area contributed by atoms with Crippen LogP contribution in [0.1, 0.15) is 39.5 Å². The molecule has 2 atom stereocenters. The lowest BCUT2D eigenvalue weighted by molar-refractivity contribution is -0.139. The van der Waals surface area contributed by atoms with E-state index in [-0.39, 0.29) is 25.7 Å². The molecule has 0 spiro atoms. The minimum atomic E-state index is -1.23. The Morgan fingerprint density at radius 3 is 1.62 bits per heavy atom. The van der Waals surface area contributed by atoms with E-state index in [4.69, 9.17) is 15.9 Å². The molecule has 0 saturated carbocycles. The standard InChI is InChI=1S/C14H23N3O7/c1-7(2)13(23)17-9(4-6-11(20)21)14(24)16-8(12(15)22)3-5-10(18)19/h7-9H,3-6H2,1-2H3,(H2,15,22)(H,16,24)(H,17,23)(H,18,19)(H,20,21)/t8-,9-/m0/s1. The number of aliphatic carboxylic acids is 2. The molecule has 24 heavy (non-hydrogen) atoms. The van der Waals surface area contributed by atoms with Gasteiger partial charge >= 0.3 is 11.9 Å². The third-order valence-electron chi connectivity index (χ3n) is 3.11. The Bertz CT molecular complexity index is 505. The van der Waals surface area contributed by atoms with Gasteiger partial charge in [0, 0.05) is 18.8 Å². The molecule has 0 aromatic rings. The average Bonchev–Trinajstić information content (AvgIpc) is 2.46. The van der Waals surface area contributed by atoms with Gasteiger partial charge in [0.25, 0.3) is 0 Å². The van der Waals surface area contributed by atoms with Crippen molar-refractivity contribution in [3.05, 3.63) is 0 Å². The normalized spacial score (nSPS) is 13.0. The van der Waals surface area contributed by atoms with E-state index in [0.717, 1.165) is 0 Å². The first kappa shape index (κ1) is 21.4. The number of amides is 3. The van der Waals surface area contributed by atoms with E-state index in [9.17, 15) is 24.0 Å². The maximum atomic E-state index is 12.2. The molecule has 0 bridgehead atoms. The molecule has 0 aliphatic rings. The van der Waals surface area contributed by atoms with Crippen molar-refractivity contribution in [1.29, 1.82) is 0 Å².